The van der Waals surface area contributed by atoms with Crippen LogP contribution in [0.1, 0.15) is 25.0 Å². The van der Waals surface area contributed by atoms with Crippen molar-refractivity contribution in [1.82, 2.24) is 9.80 Å². The molecule has 0 saturated carbocycles. The molecule has 0 spiro atoms. The summed E-state index contributed by atoms with van der Waals surface area (Å²) in [5, 5.41) is -0.405. The molecule has 0 saturated heterocycles. The van der Waals surface area contributed by atoms with Crippen molar-refractivity contribution in [2.75, 3.05) is 26.7 Å². The van der Waals surface area contributed by atoms with Gasteiger partial charge in [-0.3, -0.25) is 9.59 Å². The number of carbonyl (C=O) groups is 2. The van der Waals surface area contributed by atoms with E-state index in [1.165, 1.54) is 24.1 Å². The van der Waals surface area contributed by atoms with E-state index in [2.05, 4.69) is 0 Å². The zero-order valence-corrected chi connectivity index (χ0v) is 15.0. The van der Waals surface area contributed by atoms with Crippen LogP contribution in [0.3, 0.4) is 0 Å². The lowest BCUT2D eigenvalue weighted by Gasteiger charge is -2.22. The van der Waals surface area contributed by atoms with E-state index in [9.17, 15) is 22.8 Å². The molecule has 2 amide bonds. The minimum absolute atomic E-state index is 0.0979. The standard InChI is InChI=1S/C17H20ClF3N2O2/c1-4-23(5-2)16(25)11-22(3)15(24)9-7-12-6-8-14(18)13(10-12)17(19,20)21/h6-10H,4-5,11H2,1-3H3/b9-7+. The van der Waals surface area contributed by atoms with Gasteiger partial charge in [-0.05, 0) is 37.6 Å². The summed E-state index contributed by atoms with van der Waals surface area (Å²) in [6, 6.07) is 3.37. The molecule has 1 aromatic rings. The molecule has 0 aliphatic rings. The lowest BCUT2D eigenvalue weighted by atomic mass is 10.1. The van der Waals surface area contributed by atoms with Gasteiger partial charge >= 0.3 is 6.18 Å². The SMILES string of the molecule is CCN(CC)C(=O)CN(C)C(=O)/C=C/c1ccc(Cl)c(C(F)(F)F)c1. The van der Waals surface area contributed by atoms with E-state index in [1.54, 1.807) is 4.90 Å². The van der Waals surface area contributed by atoms with Crippen LogP contribution in [0.15, 0.2) is 24.3 Å². The van der Waals surface area contributed by atoms with Gasteiger partial charge in [-0.25, -0.2) is 0 Å². The lowest BCUT2D eigenvalue weighted by molar-refractivity contribution is -0.137. The highest BCUT2D eigenvalue weighted by molar-refractivity contribution is 6.31. The topological polar surface area (TPSA) is 40.6 Å². The third kappa shape index (κ3) is 6.08. The molecule has 0 aliphatic carbocycles. The van der Waals surface area contributed by atoms with E-state index in [0.717, 1.165) is 18.2 Å². The molecule has 0 bridgehead atoms. The Labute approximate surface area is 149 Å². The molecule has 0 N–H and O–H groups in total. The van der Waals surface area contributed by atoms with Gasteiger partial charge in [0.15, 0.2) is 0 Å². The van der Waals surface area contributed by atoms with Gasteiger partial charge in [0.25, 0.3) is 0 Å². The van der Waals surface area contributed by atoms with Crippen LogP contribution in [0.25, 0.3) is 6.08 Å². The van der Waals surface area contributed by atoms with Crippen molar-refractivity contribution in [2.24, 2.45) is 0 Å². The van der Waals surface area contributed by atoms with Crippen LogP contribution in [0.2, 0.25) is 5.02 Å². The fourth-order valence-corrected chi connectivity index (χ4v) is 2.34. The molecule has 1 aromatic carbocycles. The molecular formula is C17H20ClF3N2O2. The summed E-state index contributed by atoms with van der Waals surface area (Å²) in [7, 11) is 1.46. The smallest absolute Gasteiger partial charge is 0.342 e. The average molecular weight is 377 g/mol. The van der Waals surface area contributed by atoms with Crippen LogP contribution in [0.4, 0.5) is 13.2 Å². The summed E-state index contributed by atoms with van der Waals surface area (Å²) in [5.41, 5.74) is -0.776. The zero-order valence-electron chi connectivity index (χ0n) is 14.2. The van der Waals surface area contributed by atoms with E-state index in [1.807, 2.05) is 13.8 Å². The summed E-state index contributed by atoms with van der Waals surface area (Å²) >= 11 is 5.55. The number of rotatable bonds is 6. The quantitative estimate of drug-likeness (QED) is 0.710. The number of carbonyl (C=O) groups excluding carboxylic acids is 2. The van der Waals surface area contributed by atoms with Crippen molar-refractivity contribution in [3.63, 3.8) is 0 Å². The Morgan fingerprint density at radius 3 is 2.32 bits per heavy atom. The Bertz CT molecular complexity index is 656. The minimum atomic E-state index is -4.57. The second kappa shape index (κ2) is 8.89. The molecule has 4 nitrogen and oxygen atoms in total. The summed E-state index contributed by atoms with van der Waals surface area (Å²) in [4.78, 5) is 26.8. The maximum absolute atomic E-state index is 12.8. The van der Waals surface area contributed by atoms with Crippen molar-refractivity contribution in [2.45, 2.75) is 20.0 Å². The first-order valence-electron chi connectivity index (χ1n) is 7.67. The predicted octanol–water partition coefficient (Wildman–Crippen LogP) is 3.70. The van der Waals surface area contributed by atoms with Gasteiger partial charge in [-0.2, -0.15) is 13.2 Å². The highest BCUT2D eigenvalue weighted by Crippen LogP contribution is 2.35. The molecule has 0 aliphatic heterocycles. The van der Waals surface area contributed by atoms with Gasteiger partial charge in [-0.15, -0.1) is 0 Å². The highest BCUT2D eigenvalue weighted by Gasteiger charge is 2.33. The van der Waals surface area contributed by atoms with Crippen molar-refractivity contribution < 1.29 is 22.8 Å². The van der Waals surface area contributed by atoms with Crippen molar-refractivity contribution in [3.05, 3.63) is 40.4 Å². The molecule has 0 radical (unpaired) electrons. The number of amides is 2. The molecule has 8 heteroatoms. The fourth-order valence-electron chi connectivity index (χ4n) is 2.12. The number of benzene rings is 1. The third-order valence-corrected chi connectivity index (χ3v) is 3.91. The van der Waals surface area contributed by atoms with Crippen molar-refractivity contribution in [3.8, 4) is 0 Å². The Morgan fingerprint density at radius 1 is 1.20 bits per heavy atom. The van der Waals surface area contributed by atoms with E-state index < -0.39 is 22.7 Å². The molecule has 25 heavy (non-hydrogen) atoms. The number of halogens is 4. The number of hydrogen-bond donors (Lipinski definition) is 0. The highest BCUT2D eigenvalue weighted by atomic mass is 35.5. The van der Waals surface area contributed by atoms with Crippen LogP contribution in [-0.2, 0) is 15.8 Å². The number of likely N-dealkylation sites (N-methyl/N-ethyl adjacent to an activating group) is 2. The molecule has 138 valence electrons. The van der Waals surface area contributed by atoms with Crippen LogP contribution < -0.4 is 0 Å². The average Bonchev–Trinajstić information content (AvgIpc) is 2.53. The predicted molar refractivity (Wildman–Crippen MR) is 91.1 cm³/mol. The molecular weight excluding hydrogens is 357 g/mol. The van der Waals surface area contributed by atoms with E-state index in [0.29, 0.717) is 13.1 Å². The van der Waals surface area contributed by atoms with Crippen molar-refractivity contribution >= 4 is 29.5 Å². The second-order valence-electron chi connectivity index (χ2n) is 5.33. The molecule has 0 heterocycles. The maximum atomic E-state index is 12.8. The zero-order chi connectivity index (χ0) is 19.2. The van der Waals surface area contributed by atoms with Crippen LogP contribution in [0.5, 0.6) is 0 Å². The Morgan fingerprint density at radius 2 is 1.80 bits per heavy atom. The van der Waals surface area contributed by atoms with Gasteiger partial charge < -0.3 is 9.80 Å². The van der Waals surface area contributed by atoms with Crippen LogP contribution >= 0.6 is 11.6 Å². The van der Waals surface area contributed by atoms with Gasteiger partial charge in [0, 0.05) is 26.2 Å². The van der Waals surface area contributed by atoms with Gasteiger partial charge in [0.05, 0.1) is 17.1 Å². The van der Waals surface area contributed by atoms with E-state index in [4.69, 9.17) is 11.6 Å². The van der Waals surface area contributed by atoms with Crippen molar-refractivity contribution in [1.29, 1.82) is 0 Å². The summed E-state index contributed by atoms with van der Waals surface area (Å²) in [5.74, 6) is -0.677. The van der Waals surface area contributed by atoms with E-state index >= 15 is 0 Å². The summed E-state index contributed by atoms with van der Waals surface area (Å²) in [6.07, 6.45) is -2.19. The van der Waals surface area contributed by atoms with Gasteiger partial charge in [0.1, 0.15) is 0 Å². The Kier molecular flexibility index (Phi) is 7.48. The molecule has 0 atom stereocenters. The minimum Gasteiger partial charge on any atom is -0.342 e. The van der Waals surface area contributed by atoms with Crippen LogP contribution in [-0.4, -0.2) is 48.3 Å². The van der Waals surface area contributed by atoms with E-state index in [-0.39, 0.29) is 18.0 Å². The first kappa shape index (κ1) is 21.0. The molecule has 0 fully saturated rings. The maximum Gasteiger partial charge on any atom is 0.417 e. The summed E-state index contributed by atoms with van der Waals surface area (Å²) in [6.45, 7) is 4.65. The molecule has 1 rings (SSSR count). The molecule has 0 unspecified atom stereocenters. The molecule has 0 aromatic heterocycles. The Balaban J connectivity index is 2.81. The monoisotopic (exact) mass is 376 g/mol. The Hall–Kier alpha value is -2.02. The first-order valence-corrected chi connectivity index (χ1v) is 8.05. The normalized spacial score (nSPS) is 11.6. The summed E-state index contributed by atoms with van der Waals surface area (Å²) < 4.78 is 38.4. The second-order valence-corrected chi connectivity index (χ2v) is 5.74. The lowest BCUT2D eigenvalue weighted by Crippen LogP contribution is -2.40. The largest absolute Gasteiger partial charge is 0.417 e. The number of nitrogens with zero attached hydrogens (tertiary/aromatic N) is 2. The van der Waals surface area contributed by atoms with Gasteiger partial charge in [0.2, 0.25) is 11.8 Å². The fraction of sp³-hybridized carbons (Fsp3) is 0.412. The van der Waals surface area contributed by atoms with Crippen LogP contribution in [0, 0.1) is 0 Å². The number of hydrogen-bond acceptors (Lipinski definition) is 2. The third-order valence-electron chi connectivity index (χ3n) is 3.58. The first-order chi connectivity index (χ1) is 11.6. The van der Waals surface area contributed by atoms with Gasteiger partial charge in [-0.1, -0.05) is 17.7 Å². The number of alkyl halides is 3.